The van der Waals surface area contributed by atoms with Crippen molar-refractivity contribution in [3.05, 3.63) is 116 Å². The van der Waals surface area contributed by atoms with Crippen molar-refractivity contribution in [1.29, 1.82) is 0 Å². The minimum Gasteiger partial charge on any atom is -0.367 e. The summed E-state index contributed by atoms with van der Waals surface area (Å²) in [6.45, 7) is 5.38. The number of nitrogens with one attached hydrogen (secondary N) is 4. The van der Waals surface area contributed by atoms with E-state index in [9.17, 15) is 46.7 Å². The van der Waals surface area contributed by atoms with Crippen LogP contribution in [0.3, 0.4) is 0 Å². The smallest absolute Gasteiger partial charge is 0.367 e. The lowest BCUT2D eigenvalue weighted by molar-refractivity contribution is -0.138. The number of benzene rings is 3. The van der Waals surface area contributed by atoms with Gasteiger partial charge in [0.25, 0.3) is 23.6 Å². The van der Waals surface area contributed by atoms with Gasteiger partial charge in [-0.1, -0.05) is 31.0 Å². The standard InChI is InChI=1S/C46H47F4N7O7/c1-25-23-56(24-26(2)55(25)3)36-15-13-28(20-35(36)53-42(61)32-22-52-39(59)21-33(32)46(48,49)50)31-19-29(12-14-34(31)47)41(60)51-18-7-5-4-6-9-27-10-8-11-30-40(27)45(64)57(44(30)63)37-16-17-38(58)54-43(37)62/h8,10-15,19-22,25-26,37H,4-7,9,16-18,23-24H2,1-3H3,(H,51,60)(H,52,59)(H,53,61)(H,54,58,62)/t25-,26+,37?. The highest BCUT2D eigenvalue weighted by Crippen LogP contribution is 2.37. The zero-order chi connectivity index (χ0) is 46.0. The van der Waals surface area contributed by atoms with Crippen LogP contribution in [-0.2, 0) is 22.2 Å². The molecule has 1 unspecified atom stereocenters. The van der Waals surface area contributed by atoms with Crippen molar-refractivity contribution in [2.45, 2.75) is 83.1 Å². The largest absolute Gasteiger partial charge is 0.417 e. The number of hydrogen-bond acceptors (Lipinski definition) is 9. The molecule has 1 aromatic heterocycles. The zero-order valence-corrected chi connectivity index (χ0v) is 35.4. The van der Waals surface area contributed by atoms with Gasteiger partial charge in [-0.15, -0.1) is 0 Å². The zero-order valence-electron chi connectivity index (χ0n) is 35.4. The Hall–Kier alpha value is -6.69. The van der Waals surface area contributed by atoms with Gasteiger partial charge in [0.05, 0.1) is 33.6 Å². The van der Waals surface area contributed by atoms with Gasteiger partial charge in [-0.3, -0.25) is 48.7 Å². The average molecular weight is 886 g/mol. The lowest BCUT2D eigenvalue weighted by Crippen LogP contribution is -2.55. The highest BCUT2D eigenvalue weighted by molar-refractivity contribution is 6.24. The first-order valence-electron chi connectivity index (χ1n) is 21.1. The van der Waals surface area contributed by atoms with Crippen molar-refractivity contribution in [2.24, 2.45) is 0 Å². The molecule has 0 radical (unpaired) electrons. The van der Waals surface area contributed by atoms with E-state index < -0.39 is 70.2 Å². The monoisotopic (exact) mass is 885 g/mol. The van der Waals surface area contributed by atoms with Gasteiger partial charge >= 0.3 is 6.18 Å². The number of anilines is 2. The van der Waals surface area contributed by atoms with Crippen LogP contribution in [0, 0.1) is 5.82 Å². The van der Waals surface area contributed by atoms with E-state index in [0.717, 1.165) is 17.4 Å². The fourth-order valence-corrected chi connectivity index (χ4v) is 8.54. The summed E-state index contributed by atoms with van der Waals surface area (Å²) in [5, 5.41) is 7.62. The Kier molecular flexibility index (Phi) is 13.2. The van der Waals surface area contributed by atoms with Crippen LogP contribution >= 0.6 is 0 Å². The minimum atomic E-state index is -5.00. The lowest BCUT2D eigenvalue weighted by atomic mass is 9.97. The first kappa shape index (κ1) is 45.3. The Balaban J connectivity index is 0.993. The summed E-state index contributed by atoms with van der Waals surface area (Å²) in [5.41, 5.74) is -1.06. The number of alkyl halides is 3. The lowest BCUT2D eigenvalue weighted by Gasteiger charge is -2.44. The van der Waals surface area contributed by atoms with Crippen LogP contribution in [-0.4, -0.2) is 95.0 Å². The third kappa shape index (κ3) is 9.46. The number of piperidine rings is 1. The number of nitrogens with zero attached hydrogens (tertiary/aromatic N) is 3. The van der Waals surface area contributed by atoms with Crippen molar-refractivity contribution in [2.75, 3.05) is 36.9 Å². The quantitative estimate of drug-likeness (QED) is 0.0721. The molecule has 14 nitrogen and oxygen atoms in total. The van der Waals surface area contributed by atoms with Crippen LogP contribution < -0.4 is 26.4 Å². The highest BCUT2D eigenvalue weighted by atomic mass is 19.4. The van der Waals surface area contributed by atoms with E-state index in [0.29, 0.717) is 68.8 Å². The number of fused-ring (bicyclic) bond motifs is 1. The molecule has 4 N–H and O–H groups in total. The molecule has 4 heterocycles. The van der Waals surface area contributed by atoms with Gasteiger partial charge < -0.3 is 20.5 Å². The minimum absolute atomic E-state index is 0.0163. The number of aromatic nitrogens is 1. The number of carbonyl (C=O) groups is 6. The van der Waals surface area contributed by atoms with Gasteiger partial charge in [0.1, 0.15) is 11.9 Å². The van der Waals surface area contributed by atoms with E-state index in [4.69, 9.17) is 0 Å². The number of piperazine rings is 1. The van der Waals surface area contributed by atoms with Gasteiger partial charge in [-0.05, 0) is 94.1 Å². The number of rotatable bonds is 13. The maximum atomic E-state index is 15.5. The molecule has 0 spiro atoms. The van der Waals surface area contributed by atoms with Gasteiger partial charge in [0, 0.05) is 61.5 Å². The first-order chi connectivity index (χ1) is 30.4. The molecule has 18 heteroatoms. The summed E-state index contributed by atoms with van der Waals surface area (Å²) in [5.74, 6) is -4.52. The number of unbranched alkanes of at least 4 members (excludes halogenated alkanes) is 3. The number of hydrogen-bond donors (Lipinski definition) is 4. The summed E-state index contributed by atoms with van der Waals surface area (Å²) in [6, 6.07) is 13.0. The number of likely N-dealkylation sites (N-methyl/N-ethyl adjacent to an activating group) is 1. The molecule has 2 fully saturated rings. The number of H-pyrrole nitrogens is 1. The molecule has 0 bridgehead atoms. The molecule has 336 valence electrons. The van der Waals surface area contributed by atoms with Crippen molar-refractivity contribution in [3.63, 3.8) is 0 Å². The van der Waals surface area contributed by atoms with Crippen molar-refractivity contribution in [1.82, 2.24) is 25.4 Å². The number of aryl methyl sites for hydroxylation is 1. The Morgan fingerprint density at radius 2 is 1.58 bits per heavy atom. The third-order valence-corrected chi connectivity index (χ3v) is 12.2. The summed E-state index contributed by atoms with van der Waals surface area (Å²) < 4.78 is 57.3. The van der Waals surface area contributed by atoms with Crippen LogP contribution in [0.2, 0.25) is 0 Å². The number of amides is 6. The Labute approximate surface area is 365 Å². The molecule has 3 aliphatic rings. The first-order valence-corrected chi connectivity index (χ1v) is 21.1. The summed E-state index contributed by atoms with van der Waals surface area (Å²) in [7, 11) is 1.98. The van der Waals surface area contributed by atoms with E-state index in [1.165, 1.54) is 18.2 Å². The third-order valence-electron chi connectivity index (χ3n) is 12.2. The van der Waals surface area contributed by atoms with Crippen LogP contribution in [0.15, 0.2) is 71.7 Å². The molecule has 4 aromatic rings. The topological polar surface area (TPSA) is 181 Å². The van der Waals surface area contributed by atoms with E-state index in [1.54, 1.807) is 30.3 Å². The van der Waals surface area contributed by atoms with Crippen molar-refractivity contribution in [3.8, 4) is 11.1 Å². The van der Waals surface area contributed by atoms with Gasteiger partial charge in [-0.2, -0.15) is 13.2 Å². The van der Waals surface area contributed by atoms with E-state index in [1.807, 2.05) is 25.8 Å². The highest BCUT2D eigenvalue weighted by Gasteiger charge is 2.45. The summed E-state index contributed by atoms with van der Waals surface area (Å²) in [4.78, 5) is 96.5. The molecular weight excluding hydrogens is 839 g/mol. The van der Waals surface area contributed by atoms with Gasteiger partial charge in [0.15, 0.2) is 0 Å². The fourth-order valence-electron chi connectivity index (χ4n) is 8.54. The number of halogens is 4. The summed E-state index contributed by atoms with van der Waals surface area (Å²) >= 11 is 0. The SMILES string of the molecule is C[C@@H]1CN(c2ccc(-c3cc(C(=O)NCCCCCCc4cccc5c4C(=O)N(C4CCC(=O)NC4=O)C5=O)ccc3F)cc2NC(=O)c2c[nH]c(=O)cc2C(F)(F)F)C[C@H](C)N1C. The van der Waals surface area contributed by atoms with Gasteiger partial charge in [-0.25, -0.2) is 4.39 Å². The van der Waals surface area contributed by atoms with Crippen molar-refractivity contribution >= 4 is 46.8 Å². The summed E-state index contributed by atoms with van der Waals surface area (Å²) in [6.07, 6.45) is -0.972. The van der Waals surface area contributed by atoms with Crippen molar-refractivity contribution < 1.29 is 46.3 Å². The molecule has 7 rings (SSSR count). The molecule has 0 saturated carbocycles. The van der Waals surface area contributed by atoms with Crippen LogP contribution in [0.4, 0.5) is 28.9 Å². The second-order valence-electron chi connectivity index (χ2n) is 16.5. The van der Waals surface area contributed by atoms with Gasteiger partial charge in [0.2, 0.25) is 17.4 Å². The predicted molar refractivity (Wildman–Crippen MR) is 228 cm³/mol. The Morgan fingerprint density at radius 3 is 2.30 bits per heavy atom. The van der Waals surface area contributed by atoms with Crippen LogP contribution in [0.5, 0.6) is 0 Å². The Morgan fingerprint density at radius 1 is 0.844 bits per heavy atom. The maximum Gasteiger partial charge on any atom is 0.417 e. The fraction of sp³-hybridized carbons (Fsp3) is 0.370. The molecular formula is C46H47F4N7O7. The molecule has 3 aromatic carbocycles. The van der Waals surface area contributed by atoms with E-state index >= 15 is 4.39 Å². The molecule has 64 heavy (non-hydrogen) atoms. The second kappa shape index (κ2) is 18.6. The number of aromatic amines is 1. The Bertz CT molecular complexity index is 2580. The molecule has 3 atom stereocenters. The predicted octanol–water partition coefficient (Wildman–Crippen LogP) is 5.92. The van der Waals surface area contributed by atoms with E-state index in [2.05, 4.69) is 25.8 Å². The molecule has 6 amide bonds. The normalized spacial score (nSPS) is 19.1. The van der Waals surface area contributed by atoms with Crippen LogP contribution in [0.25, 0.3) is 11.1 Å². The second-order valence-corrected chi connectivity index (χ2v) is 16.5. The average Bonchev–Trinajstić information content (AvgIpc) is 3.50. The number of pyridine rings is 1. The molecule has 0 aliphatic carbocycles. The molecule has 2 saturated heterocycles. The molecule has 3 aliphatic heterocycles. The number of carbonyl (C=O) groups excluding carboxylic acids is 6. The number of imide groups is 2. The van der Waals surface area contributed by atoms with Crippen LogP contribution in [0.1, 0.15) is 105 Å². The maximum absolute atomic E-state index is 15.5. The van der Waals surface area contributed by atoms with E-state index in [-0.39, 0.29) is 58.4 Å².